The van der Waals surface area contributed by atoms with E-state index in [1.54, 1.807) is 30.3 Å². The molecule has 14 heteroatoms. The molecule has 2 fully saturated rings. The average Bonchev–Trinajstić information content (AvgIpc) is 3.36. The van der Waals surface area contributed by atoms with Gasteiger partial charge in [-0.3, -0.25) is 29.0 Å². The molecule has 0 aromatic heterocycles. The number of amides is 2. The number of anilines is 1. The van der Waals surface area contributed by atoms with Gasteiger partial charge in [-0.1, -0.05) is 23.4 Å². The zero-order valence-electron chi connectivity index (χ0n) is 20.5. The van der Waals surface area contributed by atoms with E-state index in [1.807, 2.05) is 0 Å². The Labute approximate surface area is 211 Å². The summed E-state index contributed by atoms with van der Waals surface area (Å²) in [5, 5.41) is 9.25. The van der Waals surface area contributed by atoms with Crippen molar-refractivity contribution in [2.45, 2.75) is 63.6 Å². The third-order valence-corrected chi connectivity index (χ3v) is 5.97. The summed E-state index contributed by atoms with van der Waals surface area (Å²) in [6, 6.07) is 6.27. The summed E-state index contributed by atoms with van der Waals surface area (Å²) < 4.78 is 27.4. The minimum Gasteiger partial charge on any atom is -0.456 e. The number of hydrogen-bond donors (Lipinski definition) is 0. The summed E-state index contributed by atoms with van der Waals surface area (Å²) in [4.78, 5) is 62.9. The van der Waals surface area contributed by atoms with Gasteiger partial charge in [0.05, 0.1) is 12.2 Å². The smallest absolute Gasteiger partial charge is 0.303 e. The fourth-order valence-corrected chi connectivity index (χ4v) is 4.58. The Kier molecular flexibility index (Phi) is 7.50. The lowest BCUT2D eigenvalue weighted by Crippen LogP contribution is -2.64. The van der Waals surface area contributed by atoms with E-state index >= 15 is 0 Å². The molecule has 0 aliphatic carbocycles. The van der Waals surface area contributed by atoms with E-state index in [0.29, 0.717) is 5.69 Å². The number of fused-ring (bicyclic) bond motifs is 1. The highest BCUT2D eigenvalue weighted by atomic mass is 16.7. The number of carbonyl (C=O) groups excluding carboxylic acids is 5. The van der Waals surface area contributed by atoms with Gasteiger partial charge in [-0.05, 0) is 12.1 Å². The van der Waals surface area contributed by atoms with Crippen LogP contribution >= 0.6 is 0 Å². The molecule has 0 saturated carbocycles. The van der Waals surface area contributed by atoms with Crippen molar-refractivity contribution in [1.82, 2.24) is 5.01 Å². The molecule has 0 spiro atoms. The van der Waals surface area contributed by atoms with E-state index in [2.05, 4.69) is 10.3 Å². The van der Waals surface area contributed by atoms with Crippen molar-refractivity contribution < 1.29 is 47.7 Å². The van der Waals surface area contributed by atoms with Crippen molar-refractivity contribution in [2.75, 3.05) is 18.6 Å². The Bertz CT molecular complexity index is 1110. The maximum Gasteiger partial charge on any atom is 0.303 e. The number of ether oxygens (including phenoxy) is 5. The molecule has 2 amide bonds. The van der Waals surface area contributed by atoms with E-state index in [9.17, 15) is 24.0 Å². The third-order valence-electron chi connectivity index (χ3n) is 5.97. The molecule has 1 aromatic carbocycles. The van der Waals surface area contributed by atoms with Crippen LogP contribution in [0.1, 0.15) is 20.8 Å². The third kappa shape index (κ3) is 5.15. The Morgan fingerprint density at radius 3 is 2.08 bits per heavy atom. The predicted molar refractivity (Wildman–Crippen MR) is 120 cm³/mol. The fraction of sp³-hybridized carbons (Fsp3) is 0.522. The lowest BCUT2D eigenvalue weighted by atomic mass is 9.97. The second-order valence-corrected chi connectivity index (χ2v) is 8.56. The largest absolute Gasteiger partial charge is 0.456 e. The molecule has 0 radical (unpaired) electrons. The first-order valence-corrected chi connectivity index (χ1v) is 11.4. The lowest BCUT2D eigenvalue weighted by molar-refractivity contribution is -0.299. The maximum absolute atomic E-state index is 13.3. The number of hydrogen-bond acceptors (Lipinski definition) is 13. The van der Waals surface area contributed by atoms with Crippen molar-refractivity contribution in [3.8, 4) is 0 Å². The number of imide groups is 1. The Hall–Kier alpha value is -3.91. The quantitative estimate of drug-likeness (QED) is 0.274. The van der Waals surface area contributed by atoms with Crippen LogP contribution in [-0.4, -0.2) is 91.2 Å². The van der Waals surface area contributed by atoms with Crippen LogP contribution in [0.4, 0.5) is 5.69 Å². The summed E-state index contributed by atoms with van der Waals surface area (Å²) in [7, 11) is 1.29. The molecular formula is C23H26N4O10. The van der Waals surface area contributed by atoms with Crippen LogP contribution in [0.25, 0.3) is 0 Å². The molecule has 2 saturated heterocycles. The number of nitrogens with zero attached hydrogens (tertiary/aromatic N) is 4. The first kappa shape index (κ1) is 26.2. The molecule has 4 rings (SSSR count). The van der Waals surface area contributed by atoms with Gasteiger partial charge in [-0.2, -0.15) is 5.11 Å². The molecule has 0 unspecified atom stereocenters. The minimum atomic E-state index is -1.30. The summed E-state index contributed by atoms with van der Waals surface area (Å²) in [5.74, 6) is -3.23. The highest BCUT2D eigenvalue weighted by Gasteiger charge is 2.57. The topological polar surface area (TPSA) is 163 Å². The van der Waals surface area contributed by atoms with Gasteiger partial charge in [0.15, 0.2) is 36.7 Å². The molecule has 7 atom stereocenters. The monoisotopic (exact) mass is 518 g/mol. The molecule has 1 aromatic rings. The van der Waals surface area contributed by atoms with E-state index < -0.39 is 72.5 Å². The average molecular weight is 518 g/mol. The van der Waals surface area contributed by atoms with Gasteiger partial charge < -0.3 is 23.7 Å². The van der Waals surface area contributed by atoms with Crippen LogP contribution < -0.4 is 4.90 Å². The zero-order chi connectivity index (χ0) is 26.9. The number of rotatable bonds is 7. The number of methoxy groups -OCH3 is 1. The van der Waals surface area contributed by atoms with Crippen molar-refractivity contribution in [3.05, 3.63) is 30.3 Å². The van der Waals surface area contributed by atoms with E-state index in [1.165, 1.54) is 12.1 Å². The van der Waals surface area contributed by atoms with Crippen LogP contribution in [0, 0.1) is 0 Å². The molecule has 3 heterocycles. The molecule has 3 aliphatic rings. The summed E-state index contributed by atoms with van der Waals surface area (Å²) >= 11 is 0. The van der Waals surface area contributed by atoms with Crippen molar-refractivity contribution in [3.63, 3.8) is 0 Å². The summed E-state index contributed by atoms with van der Waals surface area (Å²) in [6.07, 6.45) is -6.14. The van der Waals surface area contributed by atoms with E-state index in [0.717, 1.165) is 25.7 Å². The van der Waals surface area contributed by atoms with Gasteiger partial charge >= 0.3 is 17.9 Å². The number of benzene rings is 1. The van der Waals surface area contributed by atoms with Crippen LogP contribution in [0.3, 0.4) is 0 Å². The van der Waals surface area contributed by atoms with Crippen molar-refractivity contribution in [2.24, 2.45) is 10.3 Å². The van der Waals surface area contributed by atoms with Gasteiger partial charge in [0.2, 0.25) is 0 Å². The van der Waals surface area contributed by atoms with Gasteiger partial charge in [0, 0.05) is 27.9 Å². The molecule has 0 N–H and O–H groups in total. The van der Waals surface area contributed by atoms with Crippen molar-refractivity contribution >= 4 is 35.4 Å². The molecular weight excluding hydrogens is 492 g/mol. The Morgan fingerprint density at radius 2 is 1.49 bits per heavy atom. The van der Waals surface area contributed by atoms with Gasteiger partial charge in [-0.25, -0.2) is 4.90 Å². The molecule has 37 heavy (non-hydrogen) atoms. The molecule has 14 nitrogen and oxygen atoms in total. The standard InChI is InChI=1S/C23H26N4O10/c1-11(28)34-18-15(37-23(33-4)20(36-13(3)30)19(18)35-12(2)29)10-26-17-16(24-25-26)21(31)27(22(17)32)14-8-6-5-7-9-14/h5-9,15-20,23H,10H2,1-4H3/t15-,16+,17-,18-,19+,20-,23+/m1/s1. The Morgan fingerprint density at radius 1 is 0.892 bits per heavy atom. The van der Waals surface area contributed by atoms with Crippen LogP contribution in [0.15, 0.2) is 40.7 Å². The van der Waals surface area contributed by atoms with Crippen LogP contribution in [0.2, 0.25) is 0 Å². The summed E-state index contributed by atoms with van der Waals surface area (Å²) in [5.41, 5.74) is 0.396. The second-order valence-electron chi connectivity index (χ2n) is 8.56. The predicted octanol–water partition coefficient (Wildman–Crippen LogP) is 0.146. The highest BCUT2D eigenvalue weighted by Crippen LogP contribution is 2.35. The van der Waals surface area contributed by atoms with Gasteiger partial charge in [0.1, 0.15) is 6.10 Å². The minimum absolute atomic E-state index is 0.200. The first-order valence-electron chi connectivity index (χ1n) is 11.4. The van der Waals surface area contributed by atoms with Gasteiger partial charge in [-0.15, -0.1) is 0 Å². The number of carbonyl (C=O) groups is 5. The van der Waals surface area contributed by atoms with Crippen LogP contribution in [-0.2, 0) is 47.7 Å². The Balaban J connectivity index is 1.62. The maximum atomic E-state index is 13.3. The lowest BCUT2D eigenvalue weighted by Gasteiger charge is -2.44. The SMILES string of the molecule is CO[C@H]1O[C@H](CN2N=N[C@@H]3C(=O)N(c4ccccc4)C(=O)[C@@H]32)[C@@H](OC(C)=O)[C@H](OC(C)=O)[C@H]1OC(C)=O. The summed E-state index contributed by atoms with van der Waals surface area (Å²) in [6.45, 7) is 3.24. The molecule has 198 valence electrons. The normalized spacial score (nSPS) is 30.8. The molecule has 3 aliphatic heterocycles. The van der Waals surface area contributed by atoms with E-state index in [-0.39, 0.29) is 6.54 Å². The van der Waals surface area contributed by atoms with Crippen LogP contribution in [0.5, 0.6) is 0 Å². The highest BCUT2D eigenvalue weighted by molar-refractivity contribution is 6.25. The fourth-order valence-electron chi connectivity index (χ4n) is 4.58. The van der Waals surface area contributed by atoms with Crippen molar-refractivity contribution in [1.29, 1.82) is 0 Å². The first-order chi connectivity index (χ1) is 17.6. The number of esters is 3. The second kappa shape index (κ2) is 10.6. The zero-order valence-corrected chi connectivity index (χ0v) is 20.5. The van der Waals surface area contributed by atoms with Gasteiger partial charge in [0.25, 0.3) is 11.8 Å². The van der Waals surface area contributed by atoms with E-state index in [4.69, 9.17) is 23.7 Å². The number of para-hydroxylation sites is 1. The molecule has 0 bridgehead atoms.